The van der Waals surface area contributed by atoms with Crippen molar-refractivity contribution in [1.29, 1.82) is 0 Å². The lowest BCUT2D eigenvalue weighted by Gasteiger charge is -2.19. The Labute approximate surface area is 187 Å². The van der Waals surface area contributed by atoms with Gasteiger partial charge in [-0.25, -0.2) is 9.79 Å². The first-order valence-corrected chi connectivity index (χ1v) is 10.3. The number of nitrogens with zero attached hydrogens (tertiary/aromatic N) is 1. The Hall–Kier alpha value is -3.68. The number of hydrogen-bond acceptors (Lipinski definition) is 6. The SMILES string of the molecule is COc1ccccc1C1C(=O)NC(=O)C1=Nc1ccc(CCNC(=O)OC(C)(C)C)cc1. The molecule has 1 atom stereocenters. The molecule has 1 aliphatic rings. The third-order valence-electron chi connectivity index (χ3n) is 4.72. The van der Waals surface area contributed by atoms with Crippen molar-refractivity contribution >= 4 is 29.3 Å². The van der Waals surface area contributed by atoms with Crippen molar-refractivity contribution < 1.29 is 23.9 Å². The van der Waals surface area contributed by atoms with Crippen LogP contribution in [-0.2, 0) is 20.7 Å². The molecule has 0 aliphatic carbocycles. The van der Waals surface area contributed by atoms with Gasteiger partial charge < -0.3 is 14.8 Å². The lowest BCUT2D eigenvalue weighted by molar-refractivity contribution is -0.124. The first-order chi connectivity index (χ1) is 15.2. The molecule has 3 amide bonds. The van der Waals surface area contributed by atoms with Crippen LogP contribution in [0.4, 0.5) is 10.5 Å². The highest BCUT2D eigenvalue weighted by Crippen LogP contribution is 2.31. The Morgan fingerprint density at radius 1 is 1.09 bits per heavy atom. The number of imide groups is 1. The van der Waals surface area contributed by atoms with Crippen LogP contribution in [0.5, 0.6) is 5.75 Å². The molecule has 1 unspecified atom stereocenters. The summed E-state index contributed by atoms with van der Waals surface area (Å²) in [5.74, 6) is -1.26. The number of amides is 3. The van der Waals surface area contributed by atoms with Crippen molar-refractivity contribution in [2.24, 2.45) is 4.99 Å². The molecular formula is C24H27N3O5. The molecule has 2 aromatic rings. The van der Waals surface area contributed by atoms with E-state index in [4.69, 9.17) is 9.47 Å². The predicted octanol–water partition coefficient (Wildman–Crippen LogP) is 3.28. The van der Waals surface area contributed by atoms with Gasteiger partial charge in [-0.05, 0) is 51.0 Å². The summed E-state index contributed by atoms with van der Waals surface area (Å²) in [5.41, 5.74) is 1.70. The van der Waals surface area contributed by atoms with Crippen molar-refractivity contribution in [3.05, 3.63) is 59.7 Å². The number of aliphatic imine (C=N–C) groups is 1. The van der Waals surface area contributed by atoms with Gasteiger partial charge in [0.25, 0.3) is 5.91 Å². The molecule has 0 radical (unpaired) electrons. The summed E-state index contributed by atoms with van der Waals surface area (Å²) in [4.78, 5) is 41.0. The number of nitrogens with one attached hydrogen (secondary N) is 2. The molecule has 3 rings (SSSR count). The number of carbonyl (C=O) groups excluding carboxylic acids is 3. The van der Waals surface area contributed by atoms with E-state index in [9.17, 15) is 14.4 Å². The van der Waals surface area contributed by atoms with Crippen LogP contribution in [0.2, 0.25) is 0 Å². The summed E-state index contributed by atoms with van der Waals surface area (Å²) in [5, 5.41) is 5.05. The third kappa shape index (κ3) is 5.72. The highest BCUT2D eigenvalue weighted by molar-refractivity contribution is 6.52. The highest BCUT2D eigenvalue weighted by Gasteiger charge is 2.40. The molecule has 0 aromatic heterocycles. The number of ether oxygens (including phenoxy) is 2. The van der Waals surface area contributed by atoms with E-state index in [1.165, 1.54) is 7.11 Å². The van der Waals surface area contributed by atoms with Crippen molar-refractivity contribution in [3.63, 3.8) is 0 Å². The van der Waals surface area contributed by atoms with Crippen LogP contribution in [-0.4, -0.2) is 42.9 Å². The smallest absolute Gasteiger partial charge is 0.407 e. The molecule has 0 spiro atoms. The number of hydrogen-bond donors (Lipinski definition) is 2. The van der Waals surface area contributed by atoms with Gasteiger partial charge in [-0.1, -0.05) is 30.3 Å². The average molecular weight is 437 g/mol. The number of carbonyl (C=O) groups is 3. The number of benzene rings is 2. The van der Waals surface area contributed by atoms with Crippen LogP contribution in [0.3, 0.4) is 0 Å². The summed E-state index contributed by atoms with van der Waals surface area (Å²) >= 11 is 0. The van der Waals surface area contributed by atoms with Crippen molar-refractivity contribution in [1.82, 2.24) is 10.6 Å². The lowest BCUT2D eigenvalue weighted by Crippen LogP contribution is -2.33. The third-order valence-corrected chi connectivity index (χ3v) is 4.72. The van der Waals surface area contributed by atoms with Crippen LogP contribution >= 0.6 is 0 Å². The van der Waals surface area contributed by atoms with E-state index >= 15 is 0 Å². The summed E-state index contributed by atoms with van der Waals surface area (Å²) in [6.07, 6.45) is 0.152. The fourth-order valence-electron chi connectivity index (χ4n) is 3.31. The normalized spacial score (nSPS) is 17.2. The van der Waals surface area contributed by atoms with Crippen LogP contribution in [0.25, 0.3) is 0 Å². The minimum absolute atomic E-state index is 0.124. The molecule has 0 bridgehead atoms. The molecule has 8 heteroatoms. The largest absolute Gasteiger partial charge is 0.496 e. The van der Waals surface area contributed by atoms with Crippen LogP contribution < -0.4 is 15.4 Å². The zero-order valence-corrected chi connectivity index (χ0v) is 18.6. The van der Waals surface area contributed by atoms with E-state index < -0.39 is 29.4 Å². The molecule has 2 aromatic carbocycles. The van der Waals surface area contributed by atoms with Gasteiger partial charge in [-0.3, -0.25) is 14.9 Å². The van der Waals surface area contributed by atoms with Gasteiger partial charge >= 0.3 is 6.09 Å². The zero-order valence-electron chi connectivity index (χ0n) is 18.6. The van der Waals surface area contributed by atoms with Crippen molar-refractivity contribution in [2.45, 2.75) is 38.7 Å². The van der Waals surface area contributed by atoms with Crippen molar-refractivity contribution in [3.8, 4) is 5.75 Å². The number of methoxy groups -OCH3 is 1. The summed E-state index contributed by atoms with van der Waals surface area (Å²) < 4.78 is 10.6. The quantitative estimate of drug-likeness (QED) is 0.675. The Morgan fingerprint density at radius 2 is 1.78 bits per heavy atom. The Kier molecular flexibility index (Phi) is 6.92. The van der Waals surface area contributed by atoms with Gasteiger partial charge in [0.05, 0.1) is 12.8 Å². The maximum absolute atomic E-state index is 12.5. The van der Waals surface area contributed by atoms with E-state index in [0.717, 1.165) is 5.56 Å². The molecule has 1 saturated heterocycles. The van der Waals surface area contributed by atoms with E-state index in [1.807, 2.05) is 32.9 Å². The Balaban J connectivity index is 1.71. The number of rotatable bonds is 6. The molecule has 1 heterocycles. The predicted molar refractivity (Wildman–Crippen MR) is 120 cm³/mol. The van der Waals surface area contributed by atoms with Gasteiger partial charge in [0.1, 0.15) is 23.0 Å². The second-order valence-electron chi connectivity index (χ2n) is 8.34. The zero-order chi connectivity index (χ0) is 23.3. The van der Waals surface area contributed by atoms with Crippen LogP contribution in [0.1, 0.15) is 37.8 Å². The summed E-state index contributed by atoms with van der Waals surface area (Å²) in [7, 11) is 1.51. The monoisotopic (exact) mass is 437 g/mol. The number of para-hydroxylation sites is 1. The minimum Gasteiger partial charge on any atom is -0.496 e. The fraction of sp³-hybridized carbons (Fsp3) is 0.333. The van der Waals surface area contributed by atoms with Gasteiger partial charge in [0.2, 0.25) is 5.91 Å². The van der Waals surface area contributed by atoms with E-state index in [-0.39, 0.29) is 5.71 Å². The second-order valence-corrected chi connectivity index (χ2v) is 8.34. The van der Waals surface area contributed by atoms with Crippen molar-refractivity contribution in [2.75, 3.05) is 13.7 Å². The average Bonchev–Trinajstić information content (AvgIpc) is 3.00. The first kappa shape index (κ1) is 23.0. The van der Waals surface area contributed by atoms with Gasteiger partial charge in [-0.15, -0.1) is 0 Å². The fourth-order valence-corrected chi connectivity index (χ4v) is 3.31. The molecule has 168 valence electrons. The standard InChI is InChI=1S/C24H27N3O5/c1-24(2,3)32-23(30)25-14-13-15-9-11-16(12-10-15)26-20-19(21(28)27-22(20)29)17-7-5-6-8-18(17)31-4/h5-12,19H,13-14H2,1-4H3,(H,25,30)(H,27,28,29). The molecule has 2 N–H and O–H groups in total. The van der Waals surface area contributed by atoms with Crippen LogP contribution in [0.15, 0.2) is 53.5 Å². The van der Waals surface area contributed by atoms with Gasteiger partial charge in [-0.2, -0.15) is 0 Å². The molecule has 1 aliphatic heterocycles. The second kappa shape index (κ2) is 9.64. The van der Waals surface area contributed by atoms with E-state index in [2.05, 4.69) is 15.6 Å². The molecule has 32 heavy (non-hydrogen) atoms. The summed E-state index contributed by atoms with van der Waals surface area (Å²) in [6, 6.07) is 14.3. The maximum atomic E-state index is 12.5. The molecule has 8 nitrogen and oxygen atoms in total. The first-order valence-electron chi connectivity index (χ1n) is 10.3. The van der Waals surface area contributed by atoms with Gasteiger partial charge in [0, 0.05) is 12.1 Å². The summed E-state index contributed by atoms with van der Waals surface area (Å²) in [6.45, 7) is 5.85. The lowest BCUT2D eigenvalue weighted by atomic mass is 9.94. The Bertz CT molecular complexity index is 1040. The maximum Gasteiger partial charge on any atom is 0.407 e. The Morgan fingerprint density at radius 3 is 2.44 bits per heavy atom. The van der Waals surface area contributed by atoms with E-state index in [0.29, 0.717) is 30.0 Å². The topological polar surface area (TPSA) is 106 Å². The van der Waals surface area contributed by atoms with E-state index in [1.54, 1.807) is 36.4 Å². The molecule has 1 fully saturated rings. The molecule has 0 saturated carbocycles. The van der Waals surface area contributed by atoms with Crippen LogP contribution in [0, 0.1) is 0 Å². The highest BCUT2D eigenvalue weighted by atomic mass is 16.6. The molecular weight excluding hydrogens is 410 g/mol. The van der Waals surface area contributed by atoms with Gasteiger partial charge in [0.15, 0.2) is 0 Å². The minimum atomic E-state index is -0.837. The number of alkyl carbamates (subject to hydrolysis) is 1.